The zero-order chi connectivity index (χ0) is 13.1. The van der Waals surface area contributed by atoms with E-state index in [1.54, 1.807) is 4.68 Å². The van der Waals surface area contributed by atoms with Gasteiger partial charge in [0, 0.05) is 25.5 Å². The maximum absolute atomic E-state index is 13.2. The Morgan fingerprint density at radius 1 is 1.33 bits per heavy atom. The highest BCUT2D eigenvalue weighted by Crippen LogP contribution is 2.27. The third-order valence-corrected chi connectivity index (χ3v) is 3.04. The van der Waals surface area contributed by atoms with E-state index in [1.165, 1.54) is 12.1 Å². The fraction of sp³-hybridized carbons (Fsp3) is 0.250. The Morgan fingerprint density at radius 3 is 2.56 bits per heavy atom. The highest BCUT2D eigenvalue weighted by atomic mass is 35.5. The molecule has 6 heteroatoms. The second kappa shape index (κ2) is 5.59. The Morgan fingerprint density at radius 2 is 2.00 bits per heavy atom. The molecule has 3 nitrogen and oxygen atoms in total. The van der Waals surface area contributed by atoms with Gasteiger partial charge in [-0.1, -0.05) is 23.2 Å². The molecule has 0 atom stereocenters. The largest absolute Gasteiger partial charge is 0.385 e. The molecule has 2 aromatic rings. The molecule has 18 heavy (non-hydrogen) atoms. The Balaban J connectivity index is 1.94. The summed E-state index contributed by atoms with van der Waals surface area (Å²) < 4.78 is 14.9. The van der Waals surface area contributed by atoms with Gasteiger partial charge in [-0.15, -0.1) is 0 Å². The zero-order valence-electron chi connectivity index (χ0n) is 9.75. The topological polar surface area (TPSA) is 29.9 Å². The van der Waals surface area contributed by atoms with Crippen LogP contribution >= 0.6 is 23.2 Å². The van der Waals surface area contributed by atoms with Crippen LogP contribution in [0.4, 0.5) is 10.1 Å². The molecule has 0 saturated heterocycles. The summed E-state index contributed by atoms with van der Waals surface area (Å²) in [7, 11) is 1.87. The summed E-state index contributed by atoms with van der Waals surface area (Å²) in [6.07, 6.45) is 4.58. The third-order valence-electron chi connectivity index (χ3n) is 2.48. The van der Waals surface area contributed by atoms with Crippen LogP contribution in [0, 0.1) is 5.82 Å². The smallest absolute Gasteiger partial charge is 0.160 e. The first kappa shape index (κ1) is 13.2. The molecule has 0 bridgehead atoms. The molecule has 2 rings (SSSR count). The lowest BCUT2D eigenvalue weighted by molar-refractivity contribution is 0.629. The molecular formula is C12H12Cl2FN3. The van der Waals surface area contributed by atoms with Crippen LogP contribution in [-0.2, 0) is 13.5 Å². The average molecular weight is 288 g/mol. The van der Waals surface area contributed by atoms with Crippen LogP contribution in [0.15, 0.2) is 24.5 Å². The summed E-state index contributed by atoms with van der Waals surface area (Å²) in [5.74, 6) is -0.587. The van der Waals surface area contributed by atoms with E-state index in [1.807, 2.05) is 19.4 Å². The second-order valence-corrected chi connectivity index (χ2v) is 4.77. The van der Waals surface area contributed by atoms with E-state index in [2.05, 4.69) is 10.4 Å². The molecular weight excluding hydrogens is 276 g/mol. The van der Waals surface area contributed by atoms with E-state index < -0.39 is 5.82 Å². The Hall–Kier alpha value is -1.26. The van der Waals surface area contributed by atoms with Crippen molar-refractivity contribution in [3.8, 4) is 0 Å². The Kier molecular flexibility index (Phi) is 4.09. The first-order valence-electron chi connectivity index (χ1n) is 5.42. The lowest BCUT2D eigenvalue weighted by atomic mass is 10.2. The summed E-state index contributed by atoms with van der Waals surface area (Å²) >= 11 is 11.4. The van der Waals surface area contributed by atoms with E-state index in [0.717, 1.165) is 12.0 Å². The molecule has 0 fully saturated rings. The molecule has 1 aromatic carbocycles. The summed E-state index contributed by atoms with van der Waals surface area (Å²) in [4.78, 5) is 0. The average Bonchev–Trinajstić information content (AvgIpc) is 2.72. The van der Waals surface area contributed by atoms with Crippen molar-refractivity contribution in [3.05, 3.63) is 46.0 Å². The Labute approximate surface area is 115 Å². The number of benzene rings is 1. The van der Waals surface area contributed by atoms with Crippen LogP contribution in [0.2, 0.25) is 10.0 Å². The summed E-state index contributed by atoms with van der Waals surface area (Å²) in [6, 6.07) is 3.04. The number of aryl methyl sites for hydroxylation is 1. The van der Waals surface area contributed by atoms with Gasteiger partial charge in [0.05, 0.1) is 16.2 Å². The first-order valence-corrected chi connectivity index (χ1v) is 6.18. The maximum atomic E-state index is 13.2. The molecule has 1 heterocycles. The monoisotopic (exact) mass is 287 g/mol. The Bertz CT molecular complexity index is 531. The van der Waals surface area contributed by atoms with Gasteiger partial charge in [0.25, 0.3) is 0 Å². The van der Waals surface area contributed by atoms with Crippen molar-refractivity contribution in [2.75, 3.05) is 11.9 Å². The predicted octanol–water partition coefficient (Wildman–Crippen LogP) is 3.52. The number of aromatic nitrogens is 2. The van der Waals surface area contributed by atoms with Gasteiger partial charge in [-0.25, -0.2) is 4.39 Å². The van der Waals surface area contributed by atoms with Crippen LogP contribution in [0.25, 0.3) is 0 Å². The molecule has 0 amide bonds. The predicted molar refractivity (Wildman–Crippen MR) is 71.8 cm³/mol. The van der Waals surface area contributed by atoms with Gasteiger partial charge in [-0.3, -0.25) is 4.68 Å². The zero-order valence-corrected chi connectivity index (χ0v) is 11.3. The highest BCUT2D eigenvalue weighted by Gasteiger charge is 2.07. The van der Waals surface area contributed by atoms with Gasteiger partial charge in [0.15, 0.2) is 5.82 Å². The van der Waals surface area contributed by atoms with Crippen molar-refractivity contribution >= 4 is 28.9 Å². The van der Waals surface area contributed by atoms with Crippen LogP contribution in [-0.4, -0.2) is 16.3 Å². The first-order chi connectivity index (χ1) is 8.56. The number of nitrogens with one attached hydrogen (secondary N) is 1. The number of hydrogen-bond donors (Lipinski definition) is 1. The lowest BCUT2D eigenvalue weighted by Gasteiger charge is -2.07. The van der Waals surface area contributed by atoms with Crippen molar-refractivity contribution in [1.29, 1.82) is 0 Å². The molecule has 0 spiro atoms. The minimum Gasteiger partial charge on any atom is -0.385 e. The van der Waals surface area contributed by atoms with Gasteiger partial charge in [0.1, 0.15) is 0 Å². The number of nitrogens with zero attached hydrogens (tertiary/aromatic N) is 2. The van der Waals surface area contributed by atoms with Gasteiger partial charge < -0.3 is 5.32 Å². The molecule has 0 aliphatic heterocycles. The summed E-state index contributed by atoms with van der Waals surface area (Å²) in [6.45, 7) is 0.698. The number of halogens is 3. The van der Waals surface area contributed by atoms with Gasteiger partial charge >= 0.3 is 0 Å². The molecule has 0 radical (unpaired) electrons. The van der Waals surface area contributed by atoms with Gasteiger partial charge in [-0.2, -0.15) is 5.10 Å². The molecule has 1 aromatic heterocycles. The maximum Gasteiger partial charge on any atom is 0.160 e. The van der Waals surface area contributed by atoms with Crippen molar-refractivity contribution in [1.82, 2.24) is 9.78 Å². The van der Waals surface area contributed by atoms with Crippen molar-refractivity contribution in [2.24, 2.45) is 7.05 Å². The molecule has 96 valence electrons. The standard InChI is InChI=1S/C12H12Cl2FN3/c1-18-7-8(6-17-18)2-3-16-9-4-10(13)12(15)11(14)5-9/h4-7,16H,2-3H2,1H3. The summed E-state index contributed by atoms with van der Waals surface area (Å²) in [5.41, 5.74) is 1.83. The number of rotatable bonds is 4. The molecule has 0 aliphatic carbocycles. The minimum atomic E-state index is -0.587. The van der Waals surface area contributed by atoms with E-state index >= 15 is 0 Å². The van der Waals surface area contributed by atoms with E-state index in [4.69, 9.17) is 23.2 Å². The SMILES string of the molecule is Cn1cc(CCNc2cc(Cl)c(F)c(Cl)c2)cn1. The highest BCUT2D eigenvalue weighted by molar-refractivity contribution is 6.35. The van der Waals surface area contributed by atoms with Gasteiger partial charge in [0.2, 0.25) is 0 Å². The van der Waals surface area contributed by atoms with E-state index in [9.17, 15) is 4.39 Å². The fourth-order valence-corrected chi connectivity index (χ4v) is 2.10. The fourth-order valence-electron chi connectivity index (χ4n) is 1.61. The van der Waals surface area contributed by atoms with Crippen LogP contribution in [0.3, 0.4) is 0 Å². The number of hydrogen-bond acceptors (Lipinski definition) is 2. The van der Waals surface area contributed by atoms with Crippen LogP contribution in [0.5, 0.6) is 0 Å². The van der Waals surface area contributed by atoms with Crippen LogP contribution in [0.1, 0.15) is 5.56 Å². The number of anilines is 1. The van der Waals surface area contributed by atoms with Crippen molar-refractivity contribution < 1.29 is 4.39 Å². The normalized spacial score (nSPS) is 10.7. The molecule has 0 unspecified atom stereocenters. The van der Waals surface area contributed by atoms with Crippen LogP contribution < -0.4 is 5.32 Å². The van der Waals surface area contributed by atoms with Crippen molar-refractivity contribution in [2.45, 2.75) is 6.42 Å². The molecule has 0 saturated carbocycles. The third kappa shape index (κ3) is 3.15. The van der Waals surface area contributed by atoms with Crippen molar-refractivity contribution in [3.63, 3.8) is 0 Å². The minimum absolute atomic E-state index is 0.0198. The van der Waals surface area contributed by atoms with E-state index in [0.29, 0.717) is 12.2 Å². The van der Waals surface area contributed by atoms with Gasteiger partial charge in [-0.05, 0) is 24.1 Å². The summed E-state index contributed by atoms with van der Waals surface area (Å²) in [5, 5.41) is 7.26. The molecule has 1 N–H and O–H groups in total. The quantitative estimate of drug-likeness (QED) is 0.872. The lowest BCUT2D eigenvalue weighted by Crippen LogP contribution is -2.04. The van der Waals surface area contributed by atoms with E-state index in [-0.39, 0.29) is 10.0 Å². The molecule has 0 aliphatic rings. The second-order valence-electron chi connectivity index (χ2n) is 3.95.